The van der Waals surface area contributed by atoms with Gasteiger partial charge in [0.05, 0.1) is 11.0 Å². The molecule has 1 aromatic heterocycles. The molecule has 5 rings (SSSR count). The van der Waals surface area contributed by atoms with E-state index in [1.807, 2.05) is 18.2 Å². The van der Waals surface area contributed by atoms with Gasteiger partial charge in [-0.1, -0.05) is 48.5 Å². The number of hydrogen-bond donors (Lipinski definition) is 1. The molecule has 5 nitrogen and oxygen atoms in total. The third kappa shape index (κ3) is 3.81. The van der Waals surface area contributed by atoms with E-state index in [4.69, 9.17) is 9.72 Å². The molecule has 0 bridgehead atoms. The van der Waals surface area contributed by atoms with E-state index in [1.165, 1.54) is 16.3 Å². The number of imidazole rings is 1. The summed E-state index contributed by atoms with van der Waals surface area (Å²) in [4.78, 5) is 17.1. The first kappa shape index (κ1) is 18.8. The Morgan fingerprint density at radius 3 is 2.77 bits per heavy atom. The third-order valence-electron chi connectivity index (χ3n) is 5.76. The number of carbonyl (C=O) groups excluding carboxylic acids is 1. The Kier molecular flexibility index (Phi) is 5.20. The van der Waals surface area contributed by atoms with Crippen LogP contribution in [0.2, 0.25) is 0 Å². The Bertz CT molecular complexity index is 1190. The van der Waals surface area contributed by atoms with E-state index < -0.39 is 0 Å². The lowest BCUT2D eigenvalue weighted by Gasteiger charge is -2.12. The summed E-state index contributed by atoms with van der Waals surface area (Å²) in [5.41, 5.74) is 3.34. The lowest BCUT2D eigenvalue weighted by Crippen LogP contribution is -2.35. The number of rotatable bonds is 6. The molecule has 1 unspecified atom stereocenters. The van der Waals surface area contributed by atoms with Gasteiger partial charge in [0.2, 0.25) is 5.91 Å². The molecule has 0 aliphatic carbocycles. The Labute approximate surface area is 175 Å². The Morgan fingerprint density at radius 2 is 1.90 bits per heavy atom. The molecule has 1 amide bonds. The third-order valence-corrected chi connectivity index (χ3v) is 5.76. The topological polar surface area (TPSA) is 56.2 Å². The first-order valence-electron chi connectivity index (χ1n) is 10.6. The van der Waals surface area contributed by atoms with Gasteiger partial charge in [0, 0.05) is 26.1 Å². The maximum Gasteiger partial charge on any atom is 0.249 e. The van der Waals surface area contributed by atoms with Gasteiger partial charge < -0.3 is 14.6 Å². The summed E-state index contributed by atoms with van der Waals surface area (Å²) >= 11 is 0. The molecule has 3 aromatic carbocycles. The maximum atomic E-state index is 12.2. The minimum atomic E-state index is -0.290. The second-order valence-corrected chi connectivity index (χ2v) is 7.83. The van der Waals surface area contributed by atoms with Gasteiger partial charge in [0.1, 0.15) is 11.9 Å². The molecule has 1 N–H and O–H groups in total. The quantitative estimate of drug-likeness (QED) is 0.532. The molecule has 0 spiro atoms. The van der Waals surface area contributed by atoms with Crippen molar-refractivity contribution in [3.63, 3.8) is 0 Å². The van der Waals surface area contributed by atoms with E-state index in [-0.39, 0.29) is 12.0 Å². The number of benzene rings is 3. The number of ether oxygens (including phenoxy) is 1. The average molecular weight is 399 g/mol. The SMILES string of the molecule is O=C(NCCc1nc2ccccc2n1Cc1ccc2ccccc2c1)C1CCCO1. The molecule has 1 fully saturated rings. The lowest BCUT2D eigenvalue weighted by atomic mass is 10.1. The standard InChI is InChI=1S/C25H25N3O2/c29-25(23-10-5-15-30-23)26-14-13-24-27-21-8-3-4-9-22(21)28(24)17-18-11-12-19-6-1-2-7-20(19)16-18/h1-4,6-9,11-12,16,23H,5,10,13-15,17H2,(H,26,29). The molecule has 5 heteroatoms. The number of nitrogens with one attached hydrogen (secondary N) is 1. The Hall–Kier alpha value is -3.18. The van der Waals surface area contributed by atoms with Crippen LogP contribution >= 0.6 is 0 Å². The minimum Gasteiger partial charge on any atom is -0.368 e. The van der Waals surface area contributed by atoms with Crippen LogP contribution in [0.4, 0.5) is 0 Å². The van der Waals surface area contributed by atoms with Crippen molar-refractivity contribution in [1.29, 1.82) is 0 Å². The van der Waals surface area contributed by atoms with Gasteiger partial charge in [-0.2, -0.15) is 0 Å². The first-order valence-corrected chi connectivity index (χ1v) is 10.6. The number of carbonyl (C=O) groups is 1. The molecule has 4 aromatic rings. The summed E-state index contributed by atoms with van der Waals surface area (Å²) in [7, 11) is 0. The highest BCUT2D eigenvalue weighted by molar-refractivity contribution is 5.83. The molecule has 1 aliphatic rings. The van der Waals surface area contributed by atoms with Gasteiger partial charge in [0.25, 0.3) is 0 Å². The minimum absolute atomic E-state index is 0.00955. The predicted molar refractivity (Wildman–Crippen MR) is 118 cm³/mol. The van der Waals surface area contributed by atoms with Crippen LogP contribution in [-0.2, 0) is 22.5 Å². The van der Waals surface area contributed by atoms with Gasteiger partial charge in [0.15, 0.2) is 0 Å². The molecular weight excluding hydrogens is 374 g/mol. The van der Waals surface area contributed by atoms with E-state index in [0.29, 0.717) is 19.6 Å². The fourth-order valence-electron chi connectivity index (χ4n) is 4.21. The smallest absolute Gasteiger partial charge is 0.249 e. The lowest BCUT2D eigenvalue weighted by molar-refractivity contribution is -0.130. The van der Waals surface area contributed by atoms with Crippen LogP contribution in [0.15, 0.2) is 66.7 Å². The molecule has 30 heavy (non-hydrogen) atoms. The summed E-state index contributed by atoms with van der Waals surface area (Å²) in [5.74, 6) is 0.974. The fourth-order valence-corrected chi connectivity index (χ4v) is 4.21. The molecular formula is C25H25N3O2. The van der Waals surface area contributed by atoms with Crippen LogP contribution in [0.1, 0.15) is 24.2 Å². The van der Waals surface area contributed by atoms with Gasteiger partial charge in [-0.3, -0.25) is 4.79 Å². The van der Waals surface area contributed by atoms with Crippen molar-refractivity contribution in [3.05, 3.63) is 78.1 Å². The fraction of sp³-hybridized carbons (Fsp3) is 0.280. The zero-order valence-corrected chi connectivity index (χ0v) is 16.9. The van der Waals surface area contributed by atoms with Crippen molar-refractivity contribution in [2.75, 3.05) is 13.2 Å². The monoisotopic (exact) mass is 399 g/mol. The molecule has 0 saturated carbocycles. The summed E-state index contributed by atoms with van der Waals surface area (Å²) in [6.07, 6.45) is 2.16. The van der Waals surface area contributed by atoms with Crippen molar-refractivity contribution < 1.29 is 9.53 Å². The molecule has 1 atom stereocenters. The summed E-state index contributed by atoms with van der Waals surface area (Å²) in [6.45, 7) is 1.99. The number of aromatic nitrogens is 2. The number of amides is 1. The highest BCUT2D eigenvalue weighted by Gasteiger charge is 2.23. The molecule has 2 heterocycles. The van der Waals surface area contributed by atoms with Crippen molar-refractivity contribution in [2.24, 2.45) is 0 Å². The molecule has 1 aliphatic heterocycles. The molecule has 1 saturated heterocycles. The maximum absolute atomic E-state index is 12.2. The number of hydrogen-bond acceptors (Lipinski definition) is 3. The molecule has 0 radical (unpaired) electrons. The average Bonchev–Trinajstić information content (AvgIpc) is 3.43. The van der Waals surface area contributed by atoms with Crippen molar-refractivity contribution in [2.45, 2.75) is 31.9 Å². The number of fused-ring (bicyclic) bond motifs is 2. The van der Waals surface area contributed by atoms with Crippen LogP contribution in [0.3, 0.4) is 0 Å². The largest absolute Gasteiger partial charge is 0.368 e. The van der Waals surface area contributed by atoms with Crippen LogP contribution in [0.5, 0.6) is 0 Å². The van der Waals surface area contributed by atoms with Crippen molar-refractivity contribution in [1.82, 2.24) is 14.9 Å². The second-order valence-electron chi connectivity index (χ2n) is 7.83. The van der Waals surface area contributed by atoms with Crippen molar-refractivity contribution >= 4 is 27.7 Å². The number of para-hydroxylation sites is 2. The van der Waals surface area contributed by atoms with E-state index in [1.54, 1.807) is 0 Å². The van der Waals surface area contributed by atoms with E-state index in [2.05, 4.69) is 58.4 Å². The first-order chi connectivity index (χ1) is 14.8. The van der Waals surface area contributed by atoms with Gasteiger partial charge in [-0.05, 0) is 47.4 Å². The van der Waals surface area contributed by atoms with Gasteiger partial charge in [-0.15, -0.1) is 0 Å². The summed E-state index contributed by atoms with van der Waals surface area (Å²) in [5, 5.41) is 5.50. The highest BCUT2D eigenvalue weighted by Crippen LogP contribution is 2.21. The number of nitrogens with zero attached hydrogens (tertiary/aromatic N) is 2. The second kappa shape index (κ2) is 8.28. The Balaban J connectivity index is 1.38. The summed E-state index contributed by atoms with van der Waals surface area (Å²) < 4.78 is 7.73. The van der Waals surface area contributed by atoms with E-state index in [9.17, 15) is 4.79 Å². The highest BCUT2D eigenvalue weighted by atomic mass is 16.5. The zero-order chi connectivity index (χ0) is 20.3. The van der Waals surface area contributed by atoms with Gasteiger partial charge in [-0.25, -0.2) is 4.98 Å². The zero-order valence-electron chi connectivity index (χ0n) is 16.9. The Morgan fingerprint density at radius 1 is 1.07 bits per heavy atom. The molecule has 152 valence electrons. The van der Waals surface area contributed by atoms with E-state index >= 15 is 0 Å². The van der Waals surface area contributed by atoms with Crippen LogP contribution < -0.4 is 5.32 Å². The normalized spacial score (nSPS) is 16.3. The van der Waals surface area contributed by atoms with E-state index in [0.717, 1.165) is 36.2 Å². The van der Waals surface area contributed by atoms with Crippen molar-refractivity contribution in [3.8, 4) is 0 Å². The summed E-state index contributed by atoms with van der Waals surface area (Å²) in [6, 6.07) is 23.2. The van der Waals surface area contributed by atoms with Crippen LogP contribution in [0.25, 0.3) is 21.8 Å². The van der Waals surface area contributed by atoms with Gasteiger partial charge >= 0.3 is 0 Å². The predicted octanol–water partition coefficient (Wildman–Crippen LogP) is 4.08. The van der Waals surface area contributed by atoms with Crippen LogP contribution in [-0.4, -0.2) is 34.7 Å². The van der Waals surface area contributed by atoms with Crippen LogP contribution in [0, 0.1) is 0 Å².